The summed E-state index contributed by atoms with van der Waals surface area (Å²) in [6.07, 6.45) is 7.53. The highest BCUT2D eigenvalue weighted by atomic mass is 127. The third-order valence-electron chi connectivity index (χ3n) is 3.67. The number of halogens is 1. The zero-order valence-corrected chi connectivity index (χ0v) is 15.5. The Morgan fingerprint density at radius 2 is 1.82 bits per heavy atom. The van der Waals surface area contributed by atoms with Crippen LogP contribution in [0.4, 0.5) is 0 Å². The first kappa shape index (κ1) is 18.8. The van der Waals surface area contributed by atoms with Gasteiger partial charge in [0.05, 0.1) is 6.54 Å². The minimum absolute atomic E-state index is 0. The predicted molar refractivity (Wildman–Crippen MR) is 99.6 cm³/mol. The van der Waals surface area contributed by atoms with E-state index >= 15 is 0 Å². The Labute approximate surface area is 149 Å². The Bertz CT molecular complexity index is 455. The topological polar surface area (TPSA) is 61.7 Å². The molecule has 0 unspecified atom stereocenters. The van der Waals surface area contributed by atoms with Gasteiger partial charge in [-0.1, -0.05) is 0 Å². The molecule has 22 heavy (non-hydrogen) atoms. The van der Waals surface area contributed by atoms with Gasteiger partial charge in [-0.05, 0) is 31.4 Å². The summed E-state index contributed by atoms with van der Waals surface area (Å²) in [6.45, 7) is 3.73. The smallest absolute Gasteiger partial charge is 0.241 e. The van der Waals surface area contributed by atoms with Crippen LogP contribution in [0, 0.1) is 0 Å². The molecule has 2 heterocycles. The number of piperidine rings is 1. The number of aromatic nitrogens is 1. The van der Waals surface area contributed by atoms with E-state index in [2.05, 4.69) is 20.2 Å². The van der Waals surface area contributed by atoms with Gasteiger partial charge in [-0.25, -0.2) is 0 Å². The lowest BCUT2D eigenvalue weighted by atomic mass is 10.1. The number of rotatable bonds is 5. The fraction of sp³-hybridized carbons (Fsp3) is 0.600. The summed E-state index contributed by atoms with van der Waals surface area (Å²) in [6, 6.07) is 4.01. The molecule has 124 valence electrons. The van der Waals surface area contributed by atoms with Crippen LogP contribution in [0.3, 0.4) is 0 Å². The van der Waals surface area contributed by atoms with Gasteiger partial charge in [0.15, 0.2) is 5.96 Å². The molecule has 1 fully saturated rings. The molecule has 1 aliphatic rings. The van der Waals surface area contributed by atoms with Gasteiger partial charge in [-0.2, -0.15) is 0 Å². The van der Waals surface area contributed by atoms with E-state index in [1.807, 2.05) is 29.4 Å². The van der Waals surface area contributed by atoms with E-state index in [0.717, 1.165) is 39.0 Å². The lowest BCUT2D eigenvalue weighted by Crippen LogP contribution is -2.46. The molecule has 1 amide bonds. The third-order valence-corrected chi connectivity index (χ3v) is 3.67. The highest BCUT2D eigenvalue weighted by Gasteiger charge is 2.16. The molecule has 7 heteroatoms. The Kier molecular flexibility index (Phi) is 8.95. The van der Waals surface area contributed by atoms with Crippen molar-refractivity contribution in [1.29, 1.82) is 0 Å². The van der Waals surface area contributed by atoms with Crippen LogP contribution < -0.4 is 10.6 Å². The van der Waals surface area contributed by atoms with Crippen molar-refractivity contribution < 1.29 is 4.79 Å². The van der Waals surface area contributed by atoms with Gasteiger partial charge in [0.1, 0.15) is 0 Å². The Morgan fingerprint density at radius 3 is 2.45 bits per heavy atom. The van der Waals surface area contributed by atoms with E-state index in [1.54, 1.807) is 7.05 Å². The minimum atomic E-state index is 0. The average Bonchev–Trinajstić information content (AvgIpc) is 3.04. The second-order valence-electron chi connectivity index (χ2n) is 5.21. The third kappa shape index (κ3) is 6.25. The zero-order chi connectivity index (χ0) is 14.9. The molecule has 0 aliphatic carbocycles. The van der Waals surface area contributed by atoms with Crippen molar-refractivity contribution in [1.82, 2.24) is 20.1 Å². The molecule has 0 bridgehead atoms. The maximum Gasteiger partial charge on any atom is 0.241 e. The molecular formula is C15H26IN5O. The number of guanidine groups is 1. The number of nitrogens with zero attached hydrogens (tertiary/aromatic N) is 3. The molecule has 1 aliphatic heterocycles. The normalized spacial score (nSPS) is 15.1. The second-order valence-corrected chi connectivity index (χ2v) is 5.21. The molecule has 0 atom stereocenters. The summed E-state index contributed by atoms with van der Waals surface area (Å²) < 4.78 is 2.10. The minimum Gasteiger partial charge on any atom is -0.355 e. The fourth-order valence-electron chi connectivity index (χ4n) is 2.46. The first-order valence-electron chi connectivity index (χ1n) is 7.62. The summed E-state index contributed by atoms with van der Waals surface area (Å²) >= 11 is 0. The van der Waals surface area contributed by atoms with E-state index in [4.69, 9.17) is 0 Å². The maximum atomic E-state index is 12.1. The van der Waals surface area contributed by atoms with Gasteiger partial charge in [-0.3, -0.25) is 9.79 Å². The van der Waals surface area contributed by atoms with Crippen LogP contribution in [0.2, 0.25) is 0 Å². The molecule has 2 N–H and O–H groups in total. The molecular weight excluding hydrogens is 393 g/mol. The molecule has 1 aromatic rings. The predicted octanol–water partition coefficient (Wildman–Crippen LogP) is 1.28. The summed E-state index contributed by atoms with van der Waals surface area (Å²) in [5.74, 6) is 0.829. The van der Waals surface area contributed by atoms with Crippen LogP contribution in [0.15, 0.2) is 29.5 Å². The van der Waals surface area contributed by atoms with Crippen molar-refractivity contribution in [2.24, 2.45) is 4.99 Å². The number of hydrogen-bond acceptors (Lipinski definition) is 2. The van der Waals surface area contributed by atoms with Gasteiger partial charge < -0.3 is 20.1 Å². The first-order valence-corrected chi connectivity index (χ1v) is 7.62. The number of aliphatic imine (C=N–C) groups is 1. The second kappa shape index (κ2) is 10.5. The van der Waals surface area contributed by atoms with Crippen molar-refractivity contribution in [3.8, 4) is 0 Å². The molecule has 6 nitrogen and oxygen atoms in total. The molecule has 1 saturated heterocycles. The summed E-state index contributed by atoms with van der Waals surface area (Å²) in [5.41, 5.74) is 0. The van der Waals surface area contributed by atoms with Crippen LogP contribution in [-0.2, 0) is 11.3 Å². The lowest BCUT2D eigenvalue weighted by Gasteiger charge is -2.27. The summed E-state index contributed by atoms with van der Waals surface area (Å²) in [5, 5.41) is 6.30. The molecule has 1 aromatic heterocycles. The van der Waals surface area contributed by atoms with E-state index in [-0.39, 0.29) is 29.9 Å². The van der Waals surface area contributed by atoms with Crippen molar-refractivity contribution in [2.75, 3.05) is 33.2 Å². The Morgan fingerprint density at radius 1 is 1.14 bits per heavy atom. The van der Waals surface area contributed by atoms with Crippen molar-refractivity contribution >= 4 is 35.8 Å². The number of hydrogen-bond donors (Lipinski definition) is 2. The van der Waals surface area contributed by atoms with Crippen LogP contribution >= 0.6 is 24.0 Å². The maximum absolute atomic E-state index is 12.1. The first-order chi connectivity index (χ1) is 10.3. The number of carbonyl (C=O) groups excluding carboxylic acids is 1. The lowest BCUT2D eigenvalue weighted by molar-refractivity contribution is -0.130. The van der Waals surface area contributed by atoms with Crippen molar-refractivity contribution in [3.63, 3.8) is 0 Å². The number of likely N-dealkylation sites (tertiary alicyclic amines) is 1. The van der Waals surface area contributed by atoms with Gasteiger partial charge in [0, 0.05) is 45.6 Å². The Balaban J connectivity index is 0.00000242. The van der Waals surface area contributed by atoms with Gasteiger partial charge in [0.25, 0.3) is 0 Å². The molecule has 2 rings (SSSR count). The number of carbonyl (C=O) groups is 1. The van der Waals surface area contributed by atoms with E-state index < -0.39 is 0 Å². The van der Waals surface area contributed by atoms with Crippen LogP contribution in [0.1, 0.15) is 19.3 Å². The monoisotopic (exact) mass is 419 g/mol. The van der Waals surface area contributed by atoms with E-state index in [0.29, 0.717) is 12.5 Å². The number of nitrogens with one attached hydrogen (secondary N) is 2. The highest BCUT2D eigenvalue weighted by Crippen LogP contribution is 2.08. The van der Waals surface area contributed by atoms with E-state index in [1.165, 1.54) is 6.42 Å². The van der Waals surface area contributed by atoms with Crippen molar-refractivity contribution in [2.45, 2.75) is 25.8 Å². The van der Waals surface area contributed by atoms with Crippen LogP contribution in [-0.4, -0.2) is 54.6 Å². The quantitative estimate of drug-likeness (QED) is 0.430. The van der Waals surface area contributed by atoms with Gasteiger partial charge in [0.2, 0.25) is 5.91 Å². The molecule has 0 radical (unpaired) electrons. The van der Waals surface area contributed by atoms with Crippen LogP contribution in [0.25, 0.3) is 0 Å². The van der Waals surface area contributed by atoms with Gasteiger partial charge >= 0.3 is 0 Å². The van der Waals surface area contributed by atoms with Gasteiger partial charge in [-0.15, -0.1) is 24.0 Å². The average molecular weight is 419 g/mol. The van der Waals surface area contributed by atoms with Crippen LogP contribution in [0.5, 0.6) is 0 Å². The van der Waals surface area contributed by atoms with Crippen molar-refractivity contribution in [3.05, 3.63) is 24.5 Å². The fourth-order valence-corrected chi connectivity index (χ4v) is 2.46. The molecule has 0 spiro atoms. The zero-order valence-electron chi connectivity index (χ0n) is 13.1. The largest absolute Gasteiger partial charge is 0.355 e. The molecule has 0 aromatic carbocycles. The Hall–Kier alpha value is -1.25. The standard InChI is InChI=1S/C15H25N5O.HI/c1-16-15(17-7-12-19-8-5-6-9-19)18-13-14(21)20-10-3-2-4-11-20;/h5-6,8-9H,2-4,7,10-13H2,1H3,(H2,16,17,18);1H. The molecule has 0 saturated carbocycles. The van der Waals surface area contributed by atoms with E-state index in [9.17, 15) is 4.79 Å². The summed E-state index contributed by atoms with van der Waals surface area (Å²) in [7, 11) is 1.72. The summed E-state index contributed by atoms with van der Waals surface area (Å²) in [4.78, 5) is 18.1. The highest BCUT2D eigenvalue weighted by molar-refractivity contribution is 14.0. The number of amides is 1. The SMILES string of the molecule is CN=C(NCCn1cccc1)NCC(=O)N1CCCCC1.I.